The van der Waals surface area contributed by atoms with E-state index in [2.05, 4.69) is 57.9 Å². The summed E-state index contributed by atoms with van der Waals surface area (Å²) in [5, 5.41) is 2.35. The zero-order valence-electron chi connectivity index (χ0n) is 13.6. The fraction of sp³-hybridized carbons (Fsp3) is 0.263. The summed E-state index contributed by atoms with van der Waals surface area (Å²) in [5.41, 5.74) is 2.22. The molecule has 0 fully saturated rings. The topological polar surface area (TPSA) is 30.7 Å². The van der Waals surface area contributed by atoms with E-state index in [1.165, 1.54) is 33.3 Å². The third-order valence-electron chi connectivity index (χ3n) is 4.09. The Labute approximate surface area is 149 Å². The molecule has 0 atom stereocenters. The Morgan fingerprint density at radius 2 is 2.08 bits per heavy atom. The summed E-state index contributed by atoms with van der Waals surface area (Å²) in [6.45, 7) is 3.24. The van der Waals surface area contributed by atoms with Gasteiger partial charge in [-0.05, 0) is 30.0 Å². The first-order valence-corrected chi connectivity index (χ1v) is 10.1. The van der Waals surface area contributed by atoms with Gasteiger partial charge in [-0.3, -0.25) is 0 Å². The molecule has 0 unspecified atom stereocenters. The van der Waals surface area contributed by atoms with Gasteiger partial charge in [0.05, 0.1) is 11.8 Å². The third kappa shape index (κ3) is 3.06. The first-order chi connectivity index (χ1) is 11.8. The SMILES string of the molecule is CCCCn1cnc2c(SCc3cc4ccccc4s3)nccc21. The minimum absolute atomic E-state index is 0.938. The van der Waals surface area contributed by atoms with E-state index in [4.69, 9.17) is 0 Å². The lowest BCUT2D eigenvalue weighted by molar-refractivity contribution is 0.645. The molecule has 4 aromatic rings. The van der Waals surface area contributed by atoms with Crippen LogP contribution in [0.5, 0.6) is 0 Å². The Hall–Kier alpha value is -1.85. The summed E-state index contributed by atoms with van der Waals surface area (Å²) in [6, 6.07) is 12.9. The van der Waals surface area contributed by atoms with Crippen LogP contribution in [0.2, 0.25) is 0 Å². The summed E-state index contributed by atoms with van der Waals surface area (Å²) < 4.78 is 3.59. The van der Waals surface area contributed by atoms with Crippen LogP contribution in [0, 0.1) is 0 Å². The average molecular weight is 354 g/mol. The molecule has 3 aromatic heterocycles. The highest BCUT2D eigenvalue weighted by Gasteiger charge is 2.10. The van der Waals surface area contributed by atoms with Crippen LogP contribution in [-0.2, 0) is 12.3 Å². The second kappa shape index (κ2) is 6.95. The number of pyridine rings is 1. The molecule has 0 spiro atoms. The van der Waals surface area contributed by atoms with Crippen LogP contribution >= 0.6 is 23.1 Å². The van der Waals surface area contributed by atoms with Gasteiger partial charge in [-0.25, -0.2) is 9.97 Å². The van der Waals surface area contributed by atoms with E-state index < -0.39 is 0 Å². The molecule has 122 valence electrons. The fourth-order valence-corrected chi connectivity index (χ4v) is 4.89. The molecule has 0 N–H and O–H groups in total. The summed E-state index contributed by atoms with van der Waals surface area (Å²) in [6.07, 6.45) is 6.22. The molecule has 0 bridgehead atoms. The number of aryl methyl sites for hydroxylation is 1. The van der Waals surface area contributed by atoms with Gasteiger partial charge < -0.3 is 4.57 Å². The van der Waals surface area contributed by atoms with Gasteiger partial charge in [-0.1, -0.05) is 43.3 Å². The Bertz CT molecular complexity index is 938. The molecule has 3 heterocycles. The van der Waals surface area contributed by atoms with E-state index in [-0.39, 0.29) is 0 Å². The maximum atomic E-state index is 4.61. The van der Waals surface area contributed by atoms with Crippen molar-refractivity contribution in [3.8, 4) is 0 Å². The molecular weight excluding hydrogens is 334 g/mol. The molecule has 0 saturated heterocycles. The number of unbranched alkanes of at least 4 members (excludes halogenated alkanes) is 1. The molecule has 1 aromatic carbocycles. The Kier molecular flexibility index (Phi) is 4.54. The van der Waals surface area contributed by atoms with Crippen LogP contribution < -0.4 is 0 Å². The van der Waals surface area contributed by atoms with Gasteiger partial charge in [0.2, 0.25) is 0 Å². The first kappa shape index (κ1) is 15.7. The second-order valence-corrected chi connectivity index (χ2v) is 7.95. The van der Waals surface area contributed by atoms with E-state index in [9.17, 15) is 0 Å². The number of thioether (sulfide) groups is 1. The molecule has 0 saturated carbocycles. The van der Waals surface area contributed by atoms with Crippen molar-refractivity contribution in [3.05, 3.63) is 53.8 Å². The van der Waals surface area contributed by atoms with Crippen LogP contribution in [0.4, 0.5) is 0 Å². The molecule has 24 heavy (non-hydrogen) atoms. The van der Waals surface area contributed by atoms with Crippen LogP contribution in [0.3, 0.4) is 0 Å². The van der Waals surface area contributed by atoms with Crippen LogP contribution in [-0.4, -0.2) is 14.5 Å². The summed E-state index contributed by atoms with van der Waals surface area (Å²) in [4.78, 5) is 10.6. The third-order valence-corrected chi connectivity index (χ3v) is 6.41. The van der Waals surface area contributed by atoms with E-state index in [1.807, 2.05) is 23.9 Å². The normalized spacial score (nSPS) is 11.5. The van der Waals surface area contributed by atoms with Crippen molar-refractivity contribution in [1.82, 2.24) is 14.5 Å². The van der Waals surface area contributed by atoms with Crippen LogP contribution in [0.1, 0.15) is 24.6 Å². The van der Waals surface area contributed by atoms with E-state index in [1.54, 1.807) is 11.8 Å². The van der Waals surface area contributed by atoms with E-state index >= 15 is 0 Å². The zero-order valence-corrected chi connectivity index (χ0v) is 15.2. The van der Waals surface area contributed by atoms with Crippen molar-refractivity contribution in [2.75, 3.05) is 0 Å². The quantitative estimate of drug-likeness (QED) is 0.414. The number of rotatable bonds is 6. The molecule has 0 aliphatic carbocycles. The minimum atomic E-state index is 0.938. The smallest absolute Gasteiger partial charge is 0.124 e. The first-order valence-electron chi connectivity index (χ1n) is 8.25. The van der Waals surface area contributed by atoms with Crippen molar-refractivity contribution >= 4 is 44.2 Å². The summed E-state index contributed by atoms with van der Waals surface area (Å²) in [5.74, 6) is 0.938. The molecule has 4 rings (SSSR count). The second-order valence-electron chi connectivity index (χ2n) is 5.81. The number of fused-ring (bicyclic) bond motifs is 2. The number of imidazole rings is 1. The number of benzene rings is 1. The predicted molar refractivity (Wildman–Crippen MR) is 104 cm³/mol. The van der Waals surface area contributed by atoms with Crippen molar-refractivity contribution in [3.63, 3.8) is 0 Å². The molecule has 0 aliphatic heterocycles. The highest BCUT2D eigenvalue weighted by molar-refractivity contribution is 7.98. The highest BCUT2D eigenvalue weighted by atomic mass is 32.2. The van der Waals surface area contributed by atoms with Crippen molar-refractivity contribution in [2.45, 2.75) is 37.1 Å². The van der Waals surface area contributed by atoms with E-state index in [0.717, 1.165) is 22.8 Å². The molecule has 0 aliphatic rings. The molecule has 0 amide bonds. The Balaban J connectivity index is 1.56. The Morgan fingerprint density at radius 3 is 2.96 bits per heavy atom. The monoisotopic (exact) mass is 353 g/mol. The van der Waals surface area contributed by atoms with Gasteiger partial charge in [0, 0.05) is 28.1 Å². The predicted octanol–water partition coefficient (Wildman–Crippen LogP) is 5.74. The van der Waals surface area contributed by atoms with Gasteiger partial charge in [-0.15, -0.1) is 11.3 Å². The number of hydrogen-bond acceptors (Lipinski definition) is 4. The average Bonchev–Trinajstić information content (AvgIpc) is 3.22. The zero-order chi connectivity index (χ0) is 16.4. The summed E-state index contributed by atoms with van der Waals surface area (Å²) >= 11 is 3.64. The largest absolute Gasteiger partial charge is 0.330 e. The van der Waals surface area contributed by atoms with Crippen molar-refractivity contribution in [1.29, 1.82) is 0 Å². The van der Waals surface area contributed by atoms with Gasteiger partial charge in [0.1, 0.15) is 10.5 Å². The van der Waals surface area contributed by atoms with E-state index in [0.29, 0.717) is 0 Å². The lowest BCUT2D eigenvalue weighted by Crippen LogP contribution is -1.95. The molecule has 0 radical (unpaired) electrons. The van der Waals surface area contributed by atoms with Gasteiger partial charge >= 0.3 is 0 Å². The van der Waals surface area contributed by atoms with Gasteiger partial charge in [0.25, 0.3) is 0 Å². The maximum absolute atomic E-state index is 4.61. The number of hydrogen-bond donors (Lipinski definition) is 0. The Morgan fingerprint density at radius 1 is 1.17 bits per heavy atom. The lowest BCUT2D eigenvalue weighted by Gasteiger charge is -2.04. The molecular formula is C19H19N3S2. The number of thiophene rings is 1. The van der Waals surface area contributed by atoms with Crippen molar-refractivity contribution < 1.29 is 0 Å². The number of nitrogens with zero attached hydrogens (tertiary/aromatic N) is 3. The van der Waals surface area contributed by atoms with Crippen molar-refractivity contribution in [2.24, 2.45) is 0 Å². The molecule has 5 heteroatoms. The minimum Gasteiger partial charge on any atom is -0.330 e. The lowest BCUT2D eigenvalue weighted by atomic mass is 10.2. The summed E-state index contributed by atoms with van der Waals surface area (Å²) in [7, 11) is 0. The fourth-order valence-electron chi connectivity index (χ4n) is 2.83. The number of aromatic nitrogens is 3. The standard InChI is InChI=1S/C19H19N3S2/c1-2-3-10-22-13-21-18-16(22)8-9-20-19(18)23-12-15-11-14-6-4-5-7-17(14)24-15/h4-9,11,13H,2-3,10,12H2,1H3. The van der Waals surface area contributed by atoms with Gasteiger partial charge in [0.15, 0.2) is 0 Å². The van der Waals surface area contributed by atoms with Crippen LogP contribution in [0.15, 0.2) is 53.9 Å². The maximum Gasteiger partial charge on any atom is 0.124 e. The van der Waals surface area contributed by atoms with Gasteiger partial charge in [-0.2, -0.15) is 0 Å². The molecule has 3 nitrogen and oxygen atoms in total. The highest BCUT2D eigenvalue weighted by Crippen LogP contribution is 2.32. The van der Waals surface area contributed by atoms with Crippen LogP contribution in [0.25, 0.3) is 21.1 Å².